The predicted molar refractivity (Wildman–Crippen MR) is 87.6 cm³/mol. The Morgan fingerprint density at radius 3 is 2.83 bits per heavy atom. The topological polar surface area (TPSA) is 68.2 Å². The van der Waals surface area contributed by atoms with Gasteiger partial charge in [0.15, 0.2) is 0 Å². The van der Waals surface area contributed by atoms with Crippen LogP contribution in [0.2, 0.25) is 0 Å². The number of amides is 1. The van der Waals surface area contributed by atoms with E-state index < -0.39 is 0 Å². The minimum absolute atomic E-state index is 0.0216. The van der Waals surface area contributed by atoms with Gasteiger partial charge in [-0.25, -0.2) is 15.0 Å². The summed E-state index contributed by atoms with van der Waals surface area (Å²) >= 11 is 1.28. The normalized spacial score (nSPS) is 13.5. The number of hydrogen-bond acceptors (Lipinski definition) is 6. The van der Waals surface area contributed by atoms with Gasteiger partial charge in [-0.05, 0) is 12.8 Å². The fourth-order valence-electron chi connectivity index (χ4n) is 2.60. The van der Waals surface area contributed by atoms with Crippen molar-refractivity contribution in [3.63, 3.8) is 0 Å². The maximum atomic E-state index is 12.7. The van der Waals surface area contributed by atoms with E-state index in [-0.39, 0.29) is 5.91 Å². The van der Waals surface area contributed by atoms with Gasteiger partial charge in [0.1, 0.15) is 10.7 Å². The highest BCUT2D eigenvalue weighted by Gasteiger charge is 2.28. The number of carbonyl (C=O) groups is 1. The molecule has 3 heterocycles. The number of ether oxygens (including phenoxy) is 1. The first-order valence-electron chi connectivity index (χ1n) is 7.62. The summed E-state index contributed by atoms with van der Waals surface area (Å²) in [6, 6.07) is 0. The molecule has 0 atom stereocenters. The van der Waals surface area contributed by atoms with Crippen LogP contribution in [-0.4, -0.2) is 32.9 Å². The molecule has 0 aromatic carbocycles. The van der Waals surface area contributed by atoms with E-state index in [0.29, 0.717) is 34.8 Å². The molecule has 0 radical (unpaired) electrons. The summed E-state index contributed by atoms with van der Waals surface area (Å²) < 4.78 is 5.12. The number of carbonyl (C=O) groups excluding carboxylic acids is 1. The van der Waals surface area contributed by atoms with Gasteiger partial charge in [-0.1, -0.05) is 25.2 Å². The van der Waals surface area contributed by atoms with Gasteiger partial charge in [0, 0.05) is 24.7 Å². The SMILES string of the molecule is COc1nc(C)c(C(=O)N2Cc3cnc(CC(C)C)nc3C2)s1. The number of hydrogen-bond donors (Lipinski definition) is 0. The molecule has 1 aliphatic rings. The van der Waals surface area contributed by atoms with E-state index in [9.17, 15) is 4.79 Å². The van der Waals surface area contributed by atoms with Crippen LogP contribution in [0.5, 0.6) is 5.19 Å². The zero-order valence-corrected chi connectivity index (χ0v) is 14.6. The number of nitrogens with zero attached hydrogens (tertiary/aromatic N) is 4. The Labute approximate surface area is 139 Å². The monoisotopic (exact) mass is 332 g/mol. The van der Waals surface area contributed by atoms with Gasteiger partial charge < -0.3 is 9.64 Å². The van der Waals surface area contributed by atoms with Crippen LogP contribution >= 0.6 is 11.3 Å². The Balaban J connectivity index is 1.78. The Bertz CT molecular complexity index is 742. The molecule has 122 valence electrons. The minimum atomic E-state index is -0.0216. The van der Waals surface area contributed by atoms with Gasteiger partial charge in [0.25, 0.3) is 11.1 Å². The number of aryl methyl sites for hydroxylation is 1. The summed E-state index contributed by atoms with van der Waals surface area (Å²) in [6.07, 6.45) is 2.71. The molecule has 0 saturated heterocycles. The van der Waals surface area contributed by atoms with Crippen molar-refractivity contribution in [3.8, 4) is 5.19 Å². The maximum Gasteiger partial charge on any atom is 0.273 e. The molecule has 3 rings (SSSR count). The Kier molecular flexibility index (Phi) is 4.30. The summed E-state index contributed by atoms with van der Waals surface area (Å²) in [7, 11) is 1.56. The van der Waals surface area contributed by atoms with Gasteiger partial charge in [-0.15, -0.1) is 0 Å². The molecule has 7 heteroatoms. The molecule has 1 amide bonds. The van der Waals surface area contributed by atoms with E-state index in [1.165, 1.54) is 11.3 Å². The van der Waals surface area contributed by atoms with Crippen molar-refractivity contribution in [3.05, 3.63) is 33.8 Å². The molecule has 0 fully saturated rings. The highest BCUT2D eigenvalue weighted by Crippen LogP contribution is 2.29. The molecule has 0 saturated carbocycles. The van der Waals surface area contributed by atoms with Crippen LogP contribution in [-0.2, 0) is 19.5 Å². The van der Waals surface area contributed by atoms with Gasteiger partial charge in [-0.2, -0.15) is 0 Å². The number of aromatic nitrogens is 3. The zero-order valence-electron chi connectivity index (χ0n) is 13.8. The third kappa shape index (κ3) is 3.19. The fraction of sp³-hybridized carbons (Fsp3) is 0.500. The van der Waals surface area contributed by atoms with Crippen LogP contribution in [0.1, 0.15) is 46.3 Å². The van der Waals surface area contributed by atoms with E-state index in [1.54, 1.807) is 12.0 Å². The van der Waals surface area contributed by atoms with Crippen molar-refractivity contribution in [2.75, 3.05) is 7.11 Å². The van der Waals surface area contributed by atoms with Crippen LogP contribution in [0.25, 0.3) is 0 Å². The highest BCUT2D eigenvalue weighted by atomic mass is 32.1. The summed E-state index contributed by atoms with van der Waals surface area (Å²) in [5.41, 5.74) is 2.69. The minimum Gasteiger partial charge on any atom is -0.473 e. The Hall–Kier alpha value is -2.02. The Morgan fingerprint density at radius 1 is 1.39 bits per heavy atom. The second kappa shape index (κ2) is 6.23. The molecule has 23 heavy (non-hydrogen) atoms. The lowest BCUT2D eigenvalue weighted by Crippen LogP contribution is -2.25. The summed E-state index contributed by atoms with van der Waals surface area (Å²) in [5.74, 6) is 1.34. The molecular formula is C16H20N4O2S. The lowest BCUT2D eigenvalue weighted by molar-refractivity contribution is 0.0754. The number of methoxy groups -OCH3 is 1. The molecule has 1 aliphatic heterocycles. The third-order valence-corrected chi connectivity index (χ3v) is 4.84. The molecule has 2 aromatic heterocycles. The van der Waals surface area contributed by atoms with Crippen LogP contribution in [0, 0.1) is 12.8 Å². The smallest absolute Gasteiger partial charge is 0.273 e. The molecule has 0 spiro atoms. The number of rotatable bonds is 4. The van der Waals surface area contributed by atoms with E-state index >= 15 is 0 Å². The van der Waals surface area contributed by atoms with Crippen LogP contribution in [0.3, 0.4) is 0 Å². The first-order chi connectivity index (χ1) is 11.0. The second-order valence-corrected chi connectivity index (χ2v) is 7.08. The zero-order chi connectivity index (χ0) is 16.6. The standard InChI is InChI=1S/C16H20N4O2S/c1-9(2)5-13-17-6-11-7-20(8-12(11)19-13)15(21)14-10(3)18-16(22-4)23-14/h6,9H,5,7-8H2,1-4H3. The third-order valence-electron chi connectivity index (χ3n) is 3.73. The van der Waals surface area contributed by atoms with Crippen molar-refractivity contribution in [1.82, 2.24) is 19.9 Å². The fourth-order valence-corrected chi connectivity index (χ4v) is 3.45. The van der Waals surface area contributed by atoms with Crippen molar-refractivity contribution in [2.45, 2.75) is 40.3 Å². The first-order valence-corrected chi connectivity index (χ1v) is 8.44. The van der Waals surface area contributed by atoms with E-state index in [2.05, 4.69) is 28.8 Å². The number of fused-ring (bicyclic) bond motifs is 1. The van der Waals surface area contributed by atoms with E-state index in [4.69, 9.17) is 4.74 Å². The van der Waals surface area contributed by atoms with Gasteiger partial charge in [0.2, 0.25) is 0 Å². The number of thiazole rings is 1. The van der Waals surface area contributed by atoms with Crippen molar-refractivity contribution in [1.29, 1.82) is 0 Å². The first kappa shape index (κ1) is 15.9. The average Bonchev–Trinajstić information content (AvgIpc) is 3.08. The largest absolute Gasteiger partial charge is 0.473 e. The summed E-state index contributed by atoms with van der Waals surface area (Å²) in [5, 5.41) is 0.515. The molecule has 0 N–H and O–H groups in total. The predicted octanol–water partition coefficient (Wildman–Crippen LogP) is 2.60. The Morgan fingerprint density at radius 2 is 2.17 bits per heavy atom. The molecule has 0 unspecified atom stereocenters. The summed E-state index contributed by atoms with van der Waals surface area (Å²) in [6.45, 7) is 7.20. The van der Waals surface area contributed by atoms with Crippen molar-refractivity contribution in [2.24, 2.45) is 5.92 Å². The lowest BCUT2D eigenvalue weighted by atomic mass is 10.1. The molecule has 2 aromatic rings. The van der Waals surface area contributed by atoms with Gasteiger partial charge in [-0.3, -0.25) is 4.79 Å². The second-order valence-electron chi connectivity index (χ2n) is 6.12. The van der Waals surface area contributed by atoms with Gasteiger partial charge >= 0.3 is 0 Å². The molecule has 6 nitrogen and oxygen atoms in total. The van der Waals surface area contributed by atoms with Gasteiger partial charge in [0.05, 0.1) is 25.0 Å². The quantitative estimate of drug-likeness (QED) is 0.861. The highest BCUT2D eigenvalue weighted by molar-refractivity contribution is 7.15. The maximum absolute atomic E-state index is 12.7. The van der Waals surface area contributed by atoms with Crippen LogP contribution in [0.4, 0.5) is 0 Å². The van der Waals surface area contributed by atoms with Crippen molar-refractivity contribution >= 4 is 17.2 Å². The molecule has 0 bridgehead atoms. The van der Waals surface area contributed by atoms with Crippen LogP contribution < -0.4 is 4.74 Å². The summed E-state index contributed by atoms with van der Waals surface area (Å²) in [4.78, 5) is 28.4. The molecular weight excluding hydrogens is 312 g/mol. The average molecular weight is 332 g/mol. The lowest BCUT2D eigenvalue weighted by Gasteiger charge is -2.13. The van der Waals surface area contributed by atoms with E-state index in [1.807, 2.05) is 13.1 Å². The van der Waals surface area contributed by atoms with Crippen molar-refractivity contribution < 1.29 is 9.53 Å². The van der Waals surface area contributed by atoms with E-state index in [0.717, 1.165) is 23.5 Å². The molecule has 0 aliphatic carbocycles. The van der Waals surface area contributed by atoms with Crippen LogP contribution in [0.15, 0.2) is 6.20 Å².